The summed E-state index contributed by atoms with van der Waals surface area (Å²) in [6, 6.07) is 14.6. The summed E-state index contributed by atoms with van der Waals surface area (Å²) in [4.78, 5) is 38.2. The number of ketones is 1. The van der Waals surface area contributed by atoms with Crippen LogP contribution in [0.4, 0.5) is 15.9 Å². The lowest BCUT2D eigenvalue weighted by Crippen LogP contribution is -2.44. The number of hydrogen-bond acceptors (Lipinski definition) is 5. The van der Waals surface area contributed by atoms with Gasteiger partial charge in [-0.05, 0) is 36.8 Å². The maximum atomic E-state index is 13.0. The van der Waals surface area contributed by atoms with Crippen molar-refractivity contribution in [3.63, 3.8) is 0 Å². The second-order valence-corrected chi connectivity index (χ2v) is 6.45. The Morgan fingerprint density at radius 1 is 1.03 bits per heavy atom. The van der Waals surface area contributed by atoms with E-state index in [1.54, 1.807) is 6.92 Å². The van der Waals surface area contributed by atoms with Crippen LogP contribution in [0.5, 0.6) is 0 Å². The van der Waals surface area contributed by atoms with Gasteiger partial charge in [0.1, 0.15) is 17.2 Å². The molecule has 7 nitrogen and oxygen atoms in total. The van der Waals surface area contributed by atoms with Crippen LogP contribution in [0.15, 0.2) is 64.2 Å². The normalized spacial score (nSPS) is 10.7. The van der Waals surface area contributed by atoms with Gasteiger partial charge in [0.05, 0.1) is 13.1 Å². The first-order valence-electron chi connectivity index (χ1n) is 9.12. The predicted molar refractivity (Wildman–Crippen MR) is 110 cm³/mol. The SMILES string of the molecule is CCn1c(=O)c(C(=O)CNc2ccc(F)cc2)c(N)n(Cc2ccccc2)c1=O. The second-order valence-electron chi connectivity index (χ2n) is 6.45. The van der Waals surface area contributed by atoms with E-state index in [0.717, 1.165) is 10.1 Å². The van der Waals surface area contributed by atoms with Gasteiger partial charge in [-0.2, -0.15) is 0 Å². The molecule has 1 aromatic heterocycles. The summed E-state index contributed by atoms with van der Waals surface area (Å²) in [5.41, 5.74) is 5.90. The number of Topliss-reactive ketones (excluding diaryl/α,β-unsaturated/α-hetero) is 1. The van der Waals surface area contributed by atoms with E-state index < -0.39 is 22.8 Å². The molecule has 29 heavy (non-hydrogen) atoms. The van der Waals surface area contributed by atoms with Gasteiger partial charge in [-0.1, -0.05) is 30.3 Å². The van der Waals surface area contributed by atoms with Crippen LogP contribution in [-0.2, 0) is 13.1 Å². The number of nitrogens with two attached hydrogens (primary N) is 1. The average Bonchev–Trinajstić information content (AvgIpc) is 2.72. The standard InChI is InChI=1S/C21H21FN4O3/c1-2-25-20(28)18(17(27)12-24-16-10-8-15(22)9-11-16)19(23)26(21(25)29)13-14-6-4-3-5-7-14/h3-11,24H,2,12-13,23H2,1H3. The predicted octanol–water partition coefficient (Wildman–Crippen LogP) is 2.09. The van der Waals surface area contributed by atoms with E-state index in [-0.39, 0.29) is 31.0 Å². The molecule has 0 aliphatic rings. The Balaban J connectivity index is 1.97. The number of halogens is 1. The molecule has 0 saturated carbocycles. The van der Waals surface area contributed by atoms with Crippen molar-refractivity contribution in [2.45, 2.75) is 20.0 Å². The maximum Gasteiger partial charge on any atom is 0.332 e. The molecule has 0 spiro atoms. The first kappa shape index (κ1) is 20.1. The van der Waals surface area contributed by atoms with Crippen molar-refractivity contribution in [2.75, 3.05) is 17.6 Å². The van der Waals surface area contributed by atoms with Gasteiger partial charge in [-0.15, -0.1) is 0 Å². The van der Waals surface area contributed by atoms with E-state index in [1.165, 1.54) is 28.8 Å². The molecular weight excluding hydrogens is 375 g/mol. The van der Waals surface area contributed by atoms with Crippen LogP contribution in [0.2, 0.25) is 0 Å². The lowest BCUT2D eigenvalue weighted by molar-refractivity contribution is 0.100. The summed E-state index contributed by atoms with van der Waals surface area (Å²) in [6.45, 7) is 1.67. The Morgan fingerprint density at radius 2 is 1.69 bits per heavy atom. The minimum atomic E-state index is -0.717. The fraction of sp³-hybridized carbons (Fsp3) is 0.190. The van der Waals surface area contributed by atoms with Gasteiger partial charge in [-0.25, -0.2) is 9.18 Å². The maximum absolute atomic E-state index is 13.0. The minimum Gasteiger partial charge on any atom is -0.384 e. The van der Waals surface area contributed by atoms with Gasteiger partial charge in [0.2, 0.25) is 0 Å². The van der Waals surface area contributed by atoms with E-state index in [2.05, 4.69) is 5.32 Å². The Morgan fingerprint density at radius 3 is 2.31 bits per heavy atom. The molecule has 0 unspecified atom stereocenters. The third-order valence-corrected chi connectivity index (χ3v) is 4.54. The third-order valence-electron chi connectivity index (χ3n) is 4.54. The molecule has 3 aromatic rings. The monoisotopic (exact) mass is 396 g/mol. The largest absolute Gasteiger partial charge is 0.384 e. The zero-order valence-corrected chi connectivity index (χ0v) is 15.9. The molecular formula is C21H21FN4O3. The summed E-state index contributed by atoms with van der Waals surface area (Å²) in [7, 11) is 0. The van der Waals surface area contributed by atoms with Crippen molar-refractivity contribution in [2.24, 2.45) is 0 Å². The minimum absolute atomic E-state index is 0.110. The van der Waals surface area contributed by atoms with Crippen molar-refractivity contribution >= 4 is 17.3 Å². The van der Waals surface area contributed by atoms with Crippen LogP contribution in [0, 0.1) is 5.82 Å². The third kappa shape index (κ3) is 4.26. The van der Waals surface area contributed by atoms with Gasteiger partial charge in [0.25, 0.3) is 5.56 Å². The highest BCUT2D eigenvalue weighted by Gasteiger charge is 2.22. The summed E-state index contributed by atoms with van der Waals surface area (Å²) < 4.78 is 15.2. The van der Waals surface area contributed by atoms with E-state index in [4.69, 9.17) is 5.73 Å². The molecule has 2 aromatic carbocycles. The Kier molecular flexibility index (Phi) is 5.92. The summed E-state index contributed by atoms with van der Waals surface area (Å²) in [6.07, 6.45) is 0. The van der Waals surface area contributed by atoms with Crippen LogP contribution >= 0.6 is 0 Å². The quantitative estimate of drug-likeness (QED) is 0.596. The smallest absolute Gasteiger partial charge is 0.332 e. The lowest BCUT2D eigenvalue weighted by Gasteiger charge is -2.16. The number of benzene rings is 2. The molecule has 0 aliphatic carbocycles. The Hall–Kier alpha value is -3.68. The van der Waals surface area contributed by atoms with Crippen molar-refractivity contribution < 1.29 is 9.18 Å². The topological polar surface area (TPSA) is 99.1 Å². The van der Waals surface area contributed by atoms with Crippen LogP contribution in [-0.4, -0.2) is 21.5 Å². The van der Waals surface area contributed by atoms with Crippen molar-refractivity contribution in [3.8, 4) is 0 Å². The van der Waals surface area contributed by atoms with Crippen LogP contribution < -0.4 is 22.3 Å². The fourth-order valence-electron chi connectivity index (χ4n) is 3.01. The van der Waals surface area contributed by atoms with E-state index in [0.29, 0.717) is 5.69 Å². The Bertz CT molecular complexity index is 1140. The van der Waals surface area contributed by atoms with E-state index >= 15 is 0 Å². The molecule has 0 aliphatic heterocycles. The summed E-state index contributed by atoms with van der Waals surface area (Å²) in [5, 5.41) is 2.84. The summed E-state index contributed by atoms with van der Waals surface area (Å²) >= 11 is 0. The van der Waals surface area contributed by atoms with Gasteiger partial charge in [0, 0.05) is 12.2 Å². The zero-order chi connectivity index (χ0) is 21.0. The molecule has 0 radical (unpaired) electrons. The molecule has 3 N–H and O–H groups in total. The fourth-order valence-corrected chi connectivity index (χ4v) is 3.01. The number of nitrogens with zero attached hydrogens (tertiary/aromatic N) is 2. The highest BCUT2D eigenvalue weighted by atomic mass is 19.1. The molecule has 0 amide bonds. The zero-order valence-electron chi connectivity index (χ0n) is 15.9. The molecule has 8 heteroatoms. The van der Waals surface area contributed by atoms with Crippen LogP contribution in [0.1, 0.15) is 22.8 Å². The van der Waals surface area contributed by atoms with Gasteiger partial charge >= 0.3 is 5.69 Å². The molecule has 0 fully saturated rings. The first-order chi connectivity index (χ1) is 13.9. The molecule has 0 saturated heterocycles. The molecule has 0 bridgehead atoms. The lowest BCUT2D eigenvalue weighted by atomic mass is 10.1. The molecule has 1 heterocycles. The van der Waals surface area contributed by atoms with E-state index in [9.17, 15) is 18.8 Å². The van der Waals surface area contributed by atoms with E-state index in [1.807, 2.05) is 30.3 Å². The number of aromatic nitrogens is 2. The summed E-state index contributed by atoms with van der Waals surface area (Å²) in [5.74, 6) is -1.12. The van der Waals surface area contributed by atoms with Crippen molar-refractivity contribution in [1.82, 2.24) is 9.13 Å². The van der Waals surface area contributed by atoms with Gasteiger partial charge in [-0.3, -0.25) is 18.7 Å². The van der Waals surface area contributed by atoms with Crippen LogP contribution in [0.25, 0.3) is 0 Å². The second kappa shape index (κ2) is 8.55. The van der Waals surface area contributed by atoms with Gasteiger partial charge < -0.3 is 11.1 Å². The molecule has 0 atom stereocenters. The van der Waals surface area contributed by atoms with Gasteiger partial charge in [0.15, 0.2) is 5.78 Å². The number of anilines is 2. The van der Waals surface area contributed by atoms with Crippen LogP contribution in [0.3, 0.4) is 0 Å². The first-order valence-corrected chi connectivity index (χ1v) is 9.12. The number of carbonyl (C=O) groups excluding carboxylic acids is 1. The molecule has 3 rings (SSSR count). The average molecular weight is 396 g/mol. The number of nitrogens with one attached hydrogen (secondary N) is 1. The Labute approximate surface area is 166 Å². The number of hydrogen-bond donors (Lipinski definition) is 2. The highest BCUT2D eigenvalue weighted by Crippen LogP contribution is 2.12. The van der Waals surface area contributed by atoms with Crippen molar-refractivity contribution in [1.29, 1.82) is 0 Å². The highest BCUT2D eigenvalue weighted by molar-refractivity contribution is 6.02. The number of nitrogen functional groups attached to an aromatic ring is 1. The van der Waals surface area contributed by atoms with Crippen molar-refractivity contribution in [3.05, 3.63) is 92.4 Å². The molecule has 150 valence electrons. The number of carbonyl (C=O) groups is 1. The number of rotatable bonds is 7.